The highest BCUT2D eigenvalue weighted by Crippen LogP contribution is 2.59. The molecule has 0 saturated heterocycles. The van der Waals surface area contributed by atoms with Crippen molar-refractivity contribution < 1.29 is 23.7 Å². The third kappa shape index (κ3) is 2.29. The summed E-state index contributed by atoms with van der Waals surface area (Å²) in [6.07, 6.45) is 3.74. The Kier molecular flexibility index (Phi) is 3.86. The van der Waals surface area contributed by atoms with Crippen molar-refractivity contribution >= 4 is 0 Å². The van der Waals surface area contributed by atoms with E-state index in [-0.39, 0.29) is 0 Å². The molecule has 4 heterocycles. The average Bonchev–Trinajstić information content (AvgIpc) is 2.58. The first-order valence-electron chi connectivity index (χ1n) is 8.73. The van der Waals surface area contributed by atoms with Crippen molar-refractivity contribution in [3.8, 4) is 46.0 Å². The van der Waals surface area contributed by atoms with Crippen LogP contribution in [0.25, 0.3) is 0 Å². The Morgan fingerprint density at radius 3 is 1.56 bits per heavy atom. The van der Waals surface area contributed by atoms with Crippen LogP contribution in [0, 0.1) is 0 Å². The number of benzene rings is 2. The molecule has 0 N–H and O–H groups in total. The number of ether oxygens (including phenoxy) is 5. The monoisotopic (exact) mass is 342 g/mol. The molecule has 0 spiro atoms. The minimum Gasteiger partial charge on any atom is -0.490 e. The molecule has 2 aromatic rings. The fourth-order valence-electron chi connectivity index (χ4n) is 3.42. The van der Waals surface area contributed by atoms with Crippen LogP contribution in [0.2, 0.25) is 0 Å². The summed E-state index contributed by atoms with van der Waals surface area (Å²) in [4.78, 5) is 0. The Bertz CT molecular complexity index is 771. The van der Waals surface area contributed by atoms with E-state index in [9.17, 15) is 0 Å². The van der Waals surface area contributed by atoms with E-state index < -0.39 is 0 Å². The molecular formula is C20H22O5. The van der Waals surface area contributed by atoms with E-state index in [2.05, 4.69) is 13.8 Å². The highest BCUT2D eigenvalue weighted by molar-refractivity contribution is 5.72. The van der Waals surface area contributed by atoms with Crippen molar-refractivity contribution in [2.75, 3.05) is 14.2 Å². The van der Waals surface area contributed by atoms with Crippen LogP contribution in [0.5, 0.6) is 46.0 Å². The van der Waals surface area contributed by atoms with E-state index >= 15 is 0 Å². The van der Waals surface area contributed by atoms with Gasteiger partial charge in [-0.2, -0.15) is 0 Å². The lowest BCUT2D eigenvalue weighted by Gasteiger charge is -2.30. The van der Waals surface area contributed by atoms with Crippen molar-refractivity contribution in [1.82, 2.24) is 0 Å². The second-order valence-electron chi connectivity index (χ2n) is 6.23. The van der Waals surface area contributed by atoms with Crippen molar-refractivity contribution in [2.45, 2.75) is 39.5 Å². The van der Waals surface area contributed by atoms with Gasteiger partial charge in [0.25, 0.3) is 0 Å². The predicted octanol–water partition coefficient (Wildman–Crippen LogP) is 5.61. The molecule has 0 aliphatic carbocycles. The van der Waals surface area contributed by atoms with Gasteiger partial charge in [0.1, 0.15) is 11.5 Å². The molecule has 0 radical (unpaired) electrons. The second kappa shape index (κ2) is 6.06. The molecule has 0 saturated carbocycles. The van der Waals surface area contributed by atoms with Gasteiger partial charge in [-0.3, -0.25) is 0 Å². The molecule has 4 aliphatic rings. The van der Waals surface area contributed by atoms with Crippen molar-refractivity contribution in [3.05, 3.63) is 23.3 Å². The molecule has 6 rings (SSSR count). The first-order valence-corrected chi connectivity index (χ1v) is 8.73. The molecule has 0 amide bonds. The molecule has 0 aromatic heterocycles. The summed E-state index contributed by atoms with van der Waals surface area (Å²) >= 11 is 0. The van der Waals surface area contributed by atoms with Gasteiger partial charge in [0.2, 0.25) is 11.5 Å². The fourth-order valence-corrected chi connectivity index (χ4v) is 3.42. The Labute approximate surface area is 147 Å². The largest absolute Gasteiger partial charge is 0.490 e. The van der Waals surface area contributed by atoms with Crippen LogP contribution < -0.4 is 23.7 Å². The van der Waals surface area contributed by atoms with Crippen LogP contribution in [0.1, 0.15) is 37.8 Å². The Morgan fingerprint density at radius 2 is 1.20 bits per heavy atom. The average molecular weight is 342 g/mol. The summed E-state index contributed by atoms with van der Waals surface area (Å²) in [5.74, 6) is 6.36. The van der Waals surface area contributed by atoms with Gasteiger partial charge in [0.15, 0.2) is 23.0 Å². The zero-order chi connectivity index (χ0) is 17.6. The molecule has 0 atom stereocenters. The fraction of sp³-hybridized carbons (Fsp3) is 0.400. The molecule has 25 heavy (non-hydrogen) atoms. The number of rotatable bonds is 8. The molecule has 4 aliphatic heterocycles. The summed E-state index contributed by atoms with van der Waals surface area (Å²) in [6.45, 7) is 4.28. The zero-order valence-corrected chi connectivity index (χ0v) is 15.0. The van der Waals surface area contributed by atoms with Crippen molar-refractivity contribution in [3.63, 3.8) is 0 Å². The van der Waals surface area contributed by atoms with Crippen molar-refractivity contribution in [1.29, 1.82) is 0 Å². The zero-order valence-electron chi connectivity index (χ0n) is 15.0. The van der Waals surface area contributed by atoms with E-state index in [0.717, 1.165) is 82.8 Å². The molecule has 5 heteroatoms. The van der Waals surface area contributed by atoms with Gasteiger partial charge < -0.3 is 23.7 Å². The van der Waals surface area contributed by atoms with Gasteiger partial charge >= 0.3 is 0 Å². The molecule has 5 nitrogen and oxygen atoms in total. The molecule has 132 valence electrons. The number of fused-ring (bicyclic) bond motifs is 4. The van der Waals surface area contributed by atoms with Gasteiger partial charge in [0, 0.05) is 23.3 Å². The Hall–Kier alpha value is -2.56. The molecule has 0 fully saturated rings. The number of hydrogen-bond acceptors (Lipinski definition) is 5. The van der Waals surface area contributed by atoms with E-state index in [4.69, 9.17) is 23.7 Å². The Morgan fingerprint density at radius 1 is 0.760 bits per heavy atom. The van der Waals surface area contributed by atoms with Crippen LogP contribution >= 0.6 is 0 Å². The quantitative estimate of drug-likeness (QED) is 0.416. The highest BCUT2D eigenvalue weighted by atomic mass is 16.6. The lowest BCUT2D eigenvalue weighted by atomic mass is 10.0. The minimum atomic E-state index is 0.728. The van der Waals surface area contributed by atoms with Gasteiger partial charge in [0.05, 0.1) is 14.2 Å². The van der Waals surface area contributed by atoms with E-state index in [1.165, 1.54) is 0 Å². The maximum Gasteiger partial charge on any atom is 0.205 e. The third-order valence-electron chi connectivity index (χ3n) is 4.58. The molecule has 0 unspecified atom stereocenters. The number of hydrogen-bond donors (Lipinski definition) is 0. The SMILES string of the molecule is CCCc1c(Oc2cc3c(OC)c(c2CCC)O3)cc2c(OC)c1O2. The molecule has 2 aromatic carbocycles. The van der Waals surface area contributed by atoms with Crippen LogP contribution in [0.15, 0.2) is 12.1 Å². The van der Waals surface area contributed by atoms with Crippen LogP contribution in [-0.2, 0) is 12.8 Å². The van der Waals surface area contributed by atoms with Gasteiger partial charge in [-0.05, 0) is 12.8 Å². The number of methoxy groups -OCH3 is 2. The summed E-state index contributed by atoms with van der Waals surface area (Å²) in [7, 11) is 3.33. The maximum absolute atomic E-state index is 6.32. The maximum atomic E-state index is 6.32. The summed E-state index contributed by atoms with van der Waals surface area (Å²) in [5.41, 5.74) is 2.11. The summed E-state index contributed by atoms with van der Waals surface area (Å²) < 4.78 is 28.5. The molecule has 4 bridgehead atoms. The van der Waals surface area contributed by atoms with Crippen LogP contribution in [0.3, 0.4) is 0 Å². The van der Waals surface area contributed by atoms with E-state index in [1.807, 2.05) is 12.1 Å². The van der Waals surface area contributed by atoms with Crippen molar-refractivity contribution in [2.24, 2.45) is 0 Å². The first-order chi connectivity index (χ1) is 12.2. The minimum absolute atomic E-state index is 0.728. The lowest BCUT2D eigenvalue weighted by molar-refractivity contribution is 0.299. The van der Waals surface area contributed by atoms with Gasteiger partial charge in [-0.25, -0.2) is 0 Å². The normalized spacial score (nSPS) is 12.5. The summed E-state index contributed by atoms with van der Waals surface area (Å²) in [5, 5.41) is 0. The summed E-state index contributed by atoms with van der Waals surface area (Å²) in [6, 6.07) is 3.83. The van der Waals surface area contributed by atoms with E-state index in [1.54, 1.807) is 14.2 Å². The standard InChI is InChI=1S/C20H22O5/c1-5-7-11-13(9-15-19(21-3)17(11)24-15)23-14-10-16-20(22-4)18(25-16)12(14)8-6-2/h9-10H,5-8H2,1-4H3. The van der Waals surface area contributed by atoms with Crippen LogP contribution in [-0.4, -0.2) is 14.2 Å². The highest BCUT2D eigenvalue weighted by Gasteiger charge is 2.34. The Balaban J connectivity index is 1.73. The molecular weight excluding hydrogens is 320 g/mol. The van der Waals surface area contributed by atoms with Crippen LogP contribution in [0.4, 0.5) is 0 Å². The second-order valence-corrected chi connectivity index (χ2v) is 6.23. The van der Waals surface area contributed by atoms with Gasteiger partial charge in [-0.15, -0.1) is 0 Å². The van der Waals surface area contributed by atoms with E-state index in [0.29, 0.717) is 0 Å². The van der Waals surface area contributed by atoms with Gasteiger partial charge in [-0.1, -0.05) is 26.7 Å². The first kappa shape index (κ1) is 15.9. The smallest absolute Gasteiger partial charge is 0.205 e. The predicted molar refractivity (Wildman–Crippen MR) is 94.2 cm³/mol. The lowest BCUT2D eigenvalue weighted by Crippen LogP contribution is -2.10. The topological polar surface area (TPSA) is 46.2 Å². The third-order valence-corrected chi connectivity index (χ3v) is 4.58.